The Hall–Kier alpha value is -2.25. The lowest BCUT2D eigenvalue weighted by Crippen LogP contribution is -2.23. The molecule has 116 valence electrons. The molecule has 7 heteroatoms. The number of halogens is 1. The number of aromatic carboxylic acids is 1. The zero-order valence-electron chi connectivity index (χ0n) is 11.7. The zero-order chi connectivity index (χ0) is 16.3. The average Bonchev–Trinajstić information content (AvgIpc) is 2.48. The number of sulfonamides is 1. The molecular formula is C15H14FNO4S. The van der Waals surface area contributed by atoms with Crippen LogP contribution in [0.4, 0.5) is 4.39 Å². The highest BCUT2D eigenvalue weighted by Gasteiger charge is 2.14. The van der Waals surface area contributed by atoms with Crippen molar-refractivity contribution in [1.82, 2.24) is 4.72 Å². The summed E-state index contributed by atoms with van der Waals surface area (Å²) in [6.45, 7) is 1.61. The SMILES string of the molecule is Cc1cc(CNS(=O)(=O)c2ccc(C(=O)O)cc2)ccc1F. The summed E-state index contributed by atoms with van der Waals surface area (Å²) in [5.74, 6) is -1.48. The number of nitrogens with one attached hydrogen (secondary N) is 1. The highest BCUT2D eigenvalue weighted by molar-refractivity contribution is 7.89. The van der Waals surface area contributed by atoms with E-state index in [1.807, 2.05) is 0 Å². The molecule has 0 unspecified atom stereocenters. The van der Waals surface area contributed by atoms with Crippen LogP contribution in [-0.2, 0) is 16.6 Å². The van der Waals surface area contributed by atoms with E-state index in [-0.39, 0.29) is 22.8 Å². The van der Waals surface area contributed by atoms with Gasteiger partial charge in [0.2, 0.25) is 10.0 Å². The van der Waals surface area contributed by atoms with Crippen LogP contribution in [0.1, 0.15) is 21.5 Å². The monoisotopic (exact) mass is 323 g/mol. The molecule has 0 saturated heterocycles. The summed E-state index contributed by atoms with van der Waals surface area (Å²) in [6.07, 6.45) is 0. The molecule has 0 bridgehead atoms. The van der Waals surface area contributed by atoms with Crippen LogP contribution in [0.15, 0.2) is 47.4 Å². The van der Waals surface area contributed by atoms with Crippen LogP contribution in [0.5, 0.6) is 0 Å². The lowest BCUT2D eigenvalue weighted by atomic mass is 10.1. The van der Waals surface area contributed by atoms with Gasteiger partial charge in [-0.15, -0.1) is 0 Å². The van der Waals surface area contributed by atoms with Gasteiger partial charge in [-0.2, -0.15) is 0 Å². The Kier molecular flexibility index (Phi) is 4.58. The topological polar surface area (TPSA) is 83.5 Å². The van der Waals surface area contributed by atoms with E-state index < -0.39 is 16.0 Å². The first-order valence-electron chi connectivity index (χ1n) is 6.37. The summed E-state index contributed by atoms with van der Waals surface area (Å²) in [4.78, 5) is 10.7. The molecular weight excluding hydrogens is 309 g/mol. The first-order valence-corrected chi connectivity index (χ1v) is 7.86. The molecule has 0 radical (unpaired) electrons. The molecule has 0 aliphatic carbocycles. The van der Waals surface area contributed by atoms with Crippen LogP contribution >= 0.6 is 0 Å². The van der Waals surface area contributed by atoms with Crippen molar-refractivity contribution in [3.63, 3.8) is 0 Å². The van der Waals surface area contributed by atoms with Crippen molar-refractivity contribution in [2.24, 2.45) is 0 Å². The number of carbonyl (C=O) groups is 1. The Labute approximate surface area is 127 Å². The zero-order valence-corrected chi connectivity index (χ0v) is 12.5. The Morgan fingerprint density at radius 2 is 1.82 bits per heavy atom. The van der Waals surface area contributed by atoms with Gasteiger partial charge >= 0.3 is 5.97 Å². The molecule has 22 heavy (non-hydrogen) atoms. The second-order valence-electron chi connectivity index (χ2n) is 4.74. The molecule has 0 aromatic heterocycles. The third-order valence-corrected chi connectivity index (χ3v) is 4.52. The fraction of sp³-hybridized carbons (Fsp3) is 0.133. The lowest BCUT2D eigenvalue weighted by Gasteiger charge is -2.08. The quantitative estimate of drug-likeness (QED) is 0.884. The minimum absolute atomic E-state index is 0.00751. The van der Waals surface area contributed by atoms with Crippen LogP contribution < -0.4 is 4.72 Å². The Balaban J connectivity index is 2.13. The lowest BCUT2D eigenvalue weighted by molar-refractivity contribution is 0.0696. The van der Waals surface area contributed by atoms with Gasteiger partial charge in [-0.3, -0.25) is 0 Å². The van der Waals surface area contributed by atoms with Crippen LogP contribution in [0.2, 0.25) is 0 Å². The molecule has 0 aliphatic rings. The van der Waals surface area contributed by atoms with Crippen molar-refractivity contribution < 1.29 is 22.7 Å². The molecule has 0 saturated carbocycles. The molecule has 2 aromatic carbocycles. The summed E-state index contributed by atoms with van der Waals surface area (Å²) < 4.78 is 39.8. The number of carboxylic acid groups (broad SMARTS) is 1. The van der Waals surface area contributed by atoms with E-state index in [1.165, 1.54) is 36.4 Å². The number of hydrogen-bond donors (Lipinski definition) is 2. The molecule has 5 nitrogen and oxygen atoms in total. The first-order chi connectivity index (χ1) is 10.3. The third-order valence-electron chi connectivity index (χ3n) is 3.10. The van der Waals surface area contributed by atoms with E-state index >= 15 is 0 Å². The normalized spacial score (nSPS) is 11.4. The van der Waals surface area contributed by atoms with Crippen LogP contribution in [0, 0.1) is 12.7 Å². The van der Waals surface area contributed by atoms with Gasteiger partial charge in [-0.05, 0) is 48.4 Å². The van der Waals surface area contributed by atoms with E-state index in [4.69, 9.17) is 5.11 Å². The molecule has 0 atom stereocenters. The van der Waals surface area contributed by atoms with Gasteiger partial charge in [-0.25, -0.2) is 22.3 Å². The molecule has 0 fully saturated rings. The van der Waals surface area contributed by atoms with Gasteiger partial charge in [0.1, 0.15) is 5.82 Å². The number of carboxylic acids is 1. The van der Waals surface area contributed by atoms with Crippen molar-refractivity contribution in [2.45, 2.75) is 18.4 Å². The van der Waals surface area contributed by atoms with Crippen molar-refractivity contribution in [3.05, 3.63) is 65.0 Å². The minimum atomic E-state index is -3.76. The number of benzene rings is 2. The van der Waals surface area contributed by atoms with Gasteiger partial charge in [0.05, 0.1) is 10.5 Å². The predicted octanol–water partition coefficient (Wildman–Crippen LogP) is 2.31. The van der Waals surface area contributed by atoms with Gasteiger partial charge in [0.15, 0.2) is 0 Å². The van der Waals surface area contributed by atoms with Gasteiger partial charge in [-0.1, -0.05) is 12.1 Å². The van der Waals surface area contributed by atoms with Gasteiger partial charge in [0.25, 0.3) is 0 Å². The Morgan fingerprint density at radius 3 is 2.36 bits per heavy atom. The van der Waals surface area contributed by atoms with Crippen LogP contribution in [0.3, 0.4) is 0 Å². The second kappa shape index (κ2) is 6.25. The van der Waals surface area contributed by atoms with E-state index in [0.717, 1.165) is 0 Å². The molecule has 0 spiro atoms. The number of hydrogen-bond acceptors (Lipinski definition) is 3. The average molecular weight is 323 g/mol. The van der Waals surface area contributed by atoms with Gasteiger partial charge < -0.3 is 5.11 Å². The minimum Gasteiger partial charge on any atom is -0.478 e. The summed E-state index contributed by atoms with van der Waals surface area (Å²) in [5, 5.41) is 8.78. The summed E-state index contributed by atoms with van der Waals surface area (Å²) in [6, 6.07) is 9.23. The van der Waals surface area contributed by atoms with Crippen molar-refractivity contribution >= 4 is 16.0 Å². The molecule has 0 aliphatic heterocycles. The van der Waals surface area contributed by atoms with Crippen molar-refractivity contribution in [2.75, 3.05) is 0 Å². The standard InChI is InChI=1S/C15H14FNO4S/c1-10-8-11(2-7-14(10)16)9-17-22(20,21)13-5-3-12(4-6-13)15(18)19/h2-8,17H,9H2,1H3,(H,18,19). The maximum atomic E-state index is 13.2. The predicted molar refractivity (Wildman–Crippen MR) is 78.6 cm³/mol. The number of rotatable bonds is 5. The third kappa shape index (κ3) is 3.69. The molecule has 0 heterocycles. The summed E-state index contributed by atoms with van der Waals surface area (Å²) >= 11 is 0. The van der Waals surface area contributed by atoms with E-state index in [0.29, 0.717) is 11.1 Å². The summed E-state index contributed by atoms with van der Waals surface area (Å²) in [7, 11) is -3.76. The Bertz CT molecular complexity index is 801. The second-order valence-corrected chi connectivity index (χ2v) is 6.50. The van der Waals surface area contributed by atoms with Crippen LogP contribution in [-0.4, -0.2) is 19.5 Å². The van der Waals surface area contributed by atoms with E-state index in [1.54, 1.807) is 13.0 Å². The first kappa shape index (κ1) is 16.1. The van der Waals surface area contributed by atoms with Crippen molar-refractivity contribution in [1.29, 1.82) is 0 Å². The highest BCUT2D eigenvalue weighted by atomic mass is 32.2. The maximum Gasteiger partial charge on any atom is 0.335 e. The fourth-order valence-corrected chi connectivity index (χ4v) is 2.87. The highest BCUT2D eigenvalue weighted by Crippen LogP contribution is 2.13. The van der Waals surface area contributed by atoms with E-state index in [2.05, 4.69) is 4.72 Å². The fourth-order valence-electron chi connectivity index (χ4n) is 1.86. The Morgan fingerprint density at radius 1 is 1.18 bits per heavy atom. The molecule has 2 aromatic rings. The molecule has 2 N–H and O–H groups in total. The number of aryl methyl sites for hydroxylation is 1. The summed E-state index contributed by atoms with van der Waals surface area (Å²) in [5.41, 5.74) is 1.07. The maximum absolute atomic E-state index is 13.2. The van der Waals surface area contributed by atoms with E-state index in [9.17, 15) is 17.6 Å². The van der Waals surface area contributed by atoms with Gasteiger partial charge in [0, 0.05) is 6.54 Å². The largest absolute Gasteiger partial charge is 0.478 e. The molecule has 2 rings (SSSR count). The molecule has 0 amide bonds. The van der Waals surface area contributed by atoms with Crippen molar-refractivity contribution in [3.8, 4) is 0 Å². The van der Waals surface area contributed by atoms with Crippen LogP contribution in [0.25, 0.3) is 0 Å². The smallest absolute Gasteiger partial charge is 0.335 e.